The van der Waals surface area contributed by atoms with Crippen LogP contribution in [0.15, 0.2) is 12.1 Å². The number of nitrogens with one attached hydrogen (secondary N) is 1. The van der Waals surface area contributed by atoms with E-state index in [0.717, 1.165) is 3.57 Å². The van der Waals surface area contributed by atoms with Crippen molar-refractivity contribution in [3.05, 3.63) is 31.4 Å². The number of nitro groups is 1. The van der Waals surface area contributed by atoms with Crippen molar-refractivity contribution >= 4 is 28.3 Å². The smallest absolute Gasteiger partial charge is 0.312 e. The monoisotopic (exact) mass is 322 g/mol. The van der Waals surface area contributed by atoms with Gasteiger partial charge in [-0.25, -0.2) is 0 Å². The van der Waals surface area contributed by atoms with Crippen LogP contribution in [-0.2, 0) is 0 Å². The molecular weight excluding hydrogens is 311 g/mol. The van der Waals surface area contributed by atoms with Crippen LogP contribution in [0.1, 0.15) is 18.5 Å². The van der Waals surface area contributed by atoms with Crippen LogP contribution in [0.25, 0.3) is 0 Å². The van der Waals surface area contributed by atoms with Gasteiger partial charge >= 0.3 is 5.69 Å². The minimum atomic E-state index is -0.580. The van der Waals surface area contributed by atoms with E-state index in [1.54, 1.807) is 13.1 Å². The average Bonchev–Trinajstić information content (AvgIpc) is 2.19. The zero-order valence-electron chi connectivity index (χ0n) is 8.32. The Balaban J connectivity index is 3.34. The molecule has 0 aliphatic rings. The Morgan fingerprint density at radius 2 is 2.20 bits per heavy atom. The molecule has 6 heteroatoms. The number of nitrogens with zero attached hydrogens (tertiary/aromatic N) is 1. The van der Waals surface area contributed by atoms with Crippen molar-refractivity contribution in [2.75, 3.05) is 7.05 Å². The molecule has 0 amide bonds. The lowest BCUT2D eigenvalue weighted by Gasteiger charge is -2.12. The maximum absolute atomic E-state index is 10.7. The highest BCUT2D eigenvalue weighted by molar-refractivity contribution is 14.1. The quantitative estimate of drug-likeness (QED) is 0.508. The van der Waals surface area contributed by atoms with E-state index < -0.39 is 4.92 Å². The molecule has 0 saturated heterocycles. The first-order valence-electron chi connectivity index (χ1n) is 4.31. The van der Waals surface area contributed by atoms with Gasteiger partial charge in [0, 0.05) is 21.2 Å². The van der Waals surface area contributed by atoms with E-state index in [2.05, 4.69) is 5.32 Å². The van der Waals surface area contributed by atoms with E-state index in [4.69, 9.17) is 0 Å². The van der Waals surface area contributed by atoms with Crippen LogP contribution in [0.5, 0.6) is 5.75 Å². The Bertz CT molecular complexity index is 395. The van der Waals surface area contributed by atoms with Crippen LogP contribution in [0.4, 0.5) is 5.69 Å². The molecule has 0 fully saturated rings. The molecule has 0 bridgehead atoms. The fourth-order valence-electron chi connectivity index (χ4n) is 1.23. The molecular formula is C9H11IN2O3. The highest BCUT2D eigenvalue weighted by atomic mass is 127. The molecule has 82 valence electrons. The lowest BCUT2D eigenvalue weighted by molar-refractivity contribution is -0.386. The molecule has 0 spiro atoms. The Kier molecular flexibility index (Phi) is 3.86. The first-order valence-corrected chi connectivity index (χ1v) is 5.39. The predicted octanol–water partition coefficient (Wildman–Crippen LogP) is 2.19. The zero-order valence-corrected chi connectivity index (χ0v) is 10.5. The van der Waals surface area contributed by atoms with Gasteiger partial charge in [-0.3, -0.25) is 10.1 Å². The summed E-state index contributed by atoms with van der Waals surface area (Å²) in [5, 5.41) is 23.3. The molecule has 2 N–H and O–H groups in total. The third kappa shape index (κ3) is 2.57. The van der Waals surface area contributed by atoms with Gasteiger partial charge in [-0.1, -0.05) is 0 Å². The van der Waals surface area contributed by atoms with Crippen molar-refractivity contribution in [3.63, 3.8) is 0 Å². The Labute approximate surface area is 101 Å². The van der Waals surface area contributed by atoms with Gasteiger partial charge in [0.15, 0.2) is 5.75 Å². The second-order valence-corrected chi connectivity index (χ2v) is 4.38. The zero-order chi connectivity index (χ0) is 11.6. The SMILES string of the molecule is CNC(C)c1cc(I)cc([N+](=O)[O-])c1O. The minimum Gasteiger partial charge on any atom is -0.502 e. The summed E-state index contributed by atoms with van der Waals surface area (Å²) in [7, 11) is 1.73. The lowest BCUT2D eigenvalue weighted by atomic mass is 10.1. The molecule has 0 saturated carbocycles. The largest absolute Gasteiger partial charge is 0.502 e. The summed E-state index contributed by atoms with van der Waals surface area (Å²) in [6.07, 6.45) is 0. The summed E-state index contributed by atoms with van der Waals surface area (Å²) in [5.74, 6) is -0.262. The van der Waals surface area contributed by atoms with Crippen molar-refractivity contribution in [1.29, 1.82) is 0 Å². The van der Waals surface area contributed by atoms with Crippen LogP contribution >= 0.6 is 22.6 Å². The van der Waals surface area contributed by atoms with Crippen molar-refractivity contribution in [3.8, 4) is 5.75 Å². The van der Waals surface area contributed by atoms with Crippen LogP contribution < -0.4 is 5.32 Å². The summed E-state index contributed by atoms with van der Waals surface area (Å²) in [4.78, 5) is 10.1. The van der Waals surface area contributed by atoms with E-state index in [1.165, 1.54) is 6.07 Å². The number of phenols is 1. The van der Waals surface area contributed by atoms with Crippen molar-refractivity contribution in [2.24, 2.45) is 0 Å². The van der Waals surface area contributed by atoms with Gasteiger partial charge in [0.1, 0.15) is 0 Å². The summed E-state index contributed by atoms with van der Waals surface area (Å²) < 4.78 is 0.731. The number of phenolic OH excluding ortho intramolecular Hbond substituents is 1. The van der Waals surface area contributed by atoms with Crippen LogP contribution in [-0.4, -0.2) is 17.1 Å². The third-order valence-electron chi connectivity index (χ3n) is 2.18. The highest BCUT2D eigenvalue weighted by Crippen LogP contribution is 2.35. The van der Waals surface area contributed by atoms with Gasteiger partial charge < -0.3 is 10.4 Å². The normalized spacial score (nSPS) is 12.5. The van der Waals surface area contributed by atoms with Gasteiger partial charge in [0.05, 0.1) is 4.92 Å². The van der Waals surface area contributed by atoms with Gasteiger partial charge in [-0.2, -0.15) is 0 Å². The molecule has 0 heterocycles. The molecule has 15 heavy (non-hydrogen) atoms. The van der Waals surface area contributed by atoms with E-state index in [0.29, 0.717) is 5.56 Å². The second kappa shape index (κ2) is 4.75. The molecule has 0 aromatic heterocycles. The number of hydrogen-bond donors (Lipinski definition) is 2. The highest BCUT2D eigenvalue weighted by Gasteiger charge is 2.20. The van der Waals surface area contributed by atoms with E-state index >= 15 is 0 Å². The van der Waals surface area contributed by atoms with E-state index in [9.17, 15) is 15.2 Å². The summed E-state index contributed by atoms with van der Waals surface area (Å²) >= 11 is 1.99. The fourth-order valence-corrected chi connectivity index (χ4v) is 1.86. The van der Waals surface area contributed by atoms with Gasteiger partial charge in [-0.05, 0) is 42.6 Å². The minimum absolute atomic E-state index is 0.126. The molecule has 1 aromatic rings. The maximum Gasteiger partial charge on any atom is 0.312 e. The van der Waals surface area contributed by atoms with Gasteiger partial charge in [0.2, 0.25) is 0 Å². The average molecular weight is 322 g/mol. The van der Waals surface area contributed by atoms with E-state index in [1.807, 2.05) is 29.5 Å². The number of benzene rings is 1. The van der Waals surface area contributed by atoms with E-state index in [-0.39, 0.29) is 17.5 Å². The summed E-state index contributed by atoms with van der Waals surface area (Å²) in [6.45, 7) is 1.83. The van der Waals surface area contributed by atoms with Crippen molar-refractivity contribution in [2.45, 2.75) is 13.0 Å². The maximum atomic E-state index is 10.7. The van der Waals surface area contributed by atoms with Gasteiger partial charge in [0.25, 0.3) is 0 Å². The molecule has 0 aliphatic heterocycles. The first kappa shape index (κ1) is 12.2. The molecule has 1 atom stereocenters. The number of rotatable bonds is 3. The molecule has 1 unspecified atom stereocenters. The van der Waals surface area contributed by atoms with Crippen LogP contribution in [0.2, 0.25) is 0 Å². The Morgan fingerprint density at radius 1 is 1.60 bits per heavy atom. The van der Waals surface area contributed by atoms with Crippen molar-refractivity contribution in [1.82, 2.24) is 5.32 Å². The number of halogens is 1. The summed E-state index contributed by atoms with van der Waals surface area (Å²) in [6, 6.07) is 2.95. The summed E-state index contributed by atoms with van der Waals surface area (Å²) in [5.41, 5.74) is 0.287. The number of nitro benzene ring substituents is 1. The Morgan fingerprint density at radius 3 is 2.67 bits per heavy atom. The second-order valence-electron chi connectivity index (χ2n) is 3.13. The third-order valence-corrected chi connectivity index (χ3v) is 2.80. The molecule has 5 nitrogen and oxygen atoms in total. The van der Waals surface area contributed by atoms with Gasteiger partial charge in [-0.15, -0.1) is 0 Å². The number of hydrogen-bond acceptors (Lipinski definition) is 4. The fraction of sp³-hybridized carbons (Fsp3) is 0.333. The standard InChI is InChI=1S/C9H11IN2O3/c1-5(11-2)7-3-6(10)4-8(9(7)13)12(14)15/h3-5,11,13H,1-2H3. The topological polar surface area (TPSA) is 75.4 Å². The molecule has 0 radical (unpaired) electrons. The molecule has 0 aliphatic carbocycles. The first-order chi connectivity index (χ1) is 6.97. The number of aromatic hydroxyl groups is 1. The molecule has 1 aromatic carbocycles. The lowest BCUT2D eigenvalue weighted by Crippen LogP contribution is -2.13. The van der Waals surface area contributed by atoms with Crippen molar-refractivity contribution < 1.29 is 10.0 Å². The van der Waals surface area contributed by atoms with Crippen LogP contribution in [0, 0.1) is 13.7 Å². The van der Waals surface area contributed by atoms with Crippen LogP contribution in [0.3, 0.4) is 0 Å². The predicted molar refractivity (Wildman–Crippen MR) is 65.0 cm³/mol. The Hall–Kier alpha value is -0.890. The molecule has 1 rings (SSSR count).